The lowest BCUT2D eigenvalue weighted by atomic mass is 10.0. The van der Waals surface area contributed by atoms with Crippen LogP contribution < -0.4 is 4.74 Å². The van der Waals surface area contributed by atoms with Gasteiger partial charge in [-0.05, 0) is 37.0 Å². The van der Waals surface area contributed by atoms with Crippen LogP contribution in [0.25, 0.3) is 0 Å². The molecule has 2 nitrogen and oxygen atoms in total. The minimum Gasteiger partial charge on any atom is -0.490 e. The van der Waals surface area contributed by atoms with E-state index in [2.05, 4.69) is 32.9 Å². The second-order valence-electron chi connectivity index (χ2n) is 4.18. The summed E-state index contributed by atoms with van der Waals surface area (Å²) in [7, 11) is 0. The van der Waals surface area contributed by atoms with Gasteiger partial charge in [-0.1, -0.05) is 19.1 Å². The Morgan fingerprint density at radius 2 is 1.93 bits per heavy atom. The summed E-state index contributed by atoms with van der Waals surface area (Å²) in [5.41, 5.74) is 3.83. The van der Waals surface area contributed by atoms with Gasteiger partial charge in [-0.25, -0.2) is 0 Å². The normalized spacial score (nSPS) is 19.0. The van der Waals surface area contributed by atoms with Crippen molar-refractivity contribution in [2.75, 3.05) is 13.2 Å². The first-order valence-corrected chi connectivity index (χ1v) is 5.55. The summed E-state index contributed by atoms with van der Waals surface area (Å²) in [6, 6.07) is 4.41. The molecule has 0 saturated carbocycles. The van der Waals surface area contributed by atoms with Crippen LogP contribution in [0.5, 0.6) is 5.75 Å². The van der Waals surface area contributed by atoms with Crippen molar-refractivity contribution in [3.63, 3.8) is 0 Å². The highest BCUT2D eigenvalue weighted by Crippen LogP contribution is 2.26. The maximum absolute atomic E-state index is 5.77. The average molecular weight is 206 g/mol. The third-order valence-electron chi connectivity index (χ3n) is 2.74. The van der Waals surface area contributed by atoms with Crippen LogP contribution in [0.3, 0.4) is 0 Å². The van der Waals surface area contributed by atoms with E-state index in [0.29, 0.717) is 12.7 Å². The fourth-order valence-electron chi connectivity index (χ4n) is 1.81. The predicted molar refractivity (Wildman–Crippen MR) is 60.5 cm³/mol. The molecule has 1 saturated heterocycles. The lowest BCUT2D eigenvalue weighted by Crippen LogP contribution is -2.06. The van der Waals surface area contributed by atoms with Crippen LogP contribution in [0.1, 0.15) is 23.6 Å². The van der Waals surface area contributed by atoms with E-state index >= 15 is 0 Å². The van der Waals surface area contributed by atoms with Crippen molar-refractivity contribution in [3.05, 3.63) is 28.8 Å². The average Bonchev–Trinajstić information content (AvgIpc) is 3.00. The van der Waals surface area contributed by atoms with Gasteiger partial charge in [-0.2, -0.15) is 0 Å². The maximum atomic E-state index is 5.77. The quantitative estimate of drug-likeness (QED) is 0.706. The van der Waals surface area contributed by atoms with E-state index in [-0.39, 0.29) is 0 Å². The van der Waals surface area contributed by atoms with E-state index in [1.165, 1.54) is 16.7 Å². The number of hydrogen-bond donors (Lipinski definition) is 0. The number of ether oxygens (including phenoxy) is 2. The van der Waals surface area contributed by atoms with Crippen molar-refractivity contribution in [2.45, 2.75) is 33.3 Å². The Kier molecular flexibility index (Phi) is 2.96. The third-order valence-corrected chi connectivity index (χ3v) is 2.74. The highest BCUT2D eigenvalue weighted by atomic mass is 16.6. The smallest absolute Gasteiger partial charge is 0.125 e. The SMILES string of the molecule is CCc1cc(C)c(OCC2CO2)c(C)c1. The van der Waals surface area contributed by atoms with Gasteiger partial charge in [-0.3, -0.25) is 0 Å². The van der Waals surface area contributed by atoms with Crippen molar-refractivity contribution in [3.8, 4) is 5.75 Å². The molecule has 1 aromatic rings. The van der Waals surface area contributed by atoms with Gasteiger partial charge >= 0.3 is 0 Å². The highest BCUT2D eigenvalue weighted by molar-refractivity contribution is 5.43. The highest BCUT2D eigenvalue weighted by Gasteiger charge is 2.23. The summed E-state index contributed by atoms with van der Waals surface area (Å²) in [6.07, 6.45) is 1.41. The van der Waals surface area contributed by atoms with E-state index in [1.54, 1.807) is 0 Å². The number of aryl methyl sites for hydroxylation is 3. The van der Waals surface area contributed by atoms with Crippen LogP contribution in [0, 0.1) is 13.8 Å². The molecule has 0 radical (unpaired) electrons. The maximum Gasteiger partial charge on any atom is 0.125 e. The minimum absolute atomic E-state index is 0.328. The van der Waals surface area contributed by atoms with Gasteiger partial charge in [0, 0.05) is 0 Å². The first-order chi connectivity index (χ1) is 7.20. The minimum atomic E-state index is 0.328. The molecule has 0 aromatic heterocycles. The molecule has 0 aliphatic carbocycles. The lowest BCUT2D eigenvalue weighted by molar-refractivity contribution is 0.260. The first kappa shape index (κ1) is 10.5. The van der Waals surface area contributed by atoms with Gasteiger partial charge in [0.25, 0.3) is 0 Å². The van der Waals surface area contributed by atoms with Crippen molar-refractivity contribution in [1.82, 2.24) is 0 Å². The molecule has 82 valence electrons. The summed E-state index contributed by atoms with van der Waals surface area (Å²) in [4.78, 5) is 0. The lowest BCUT2D eigenvalue weighted by Gasteiger charge is -2.12. The van der Waals surface area contributed by atoms with Crippen molar-refractivity contribution in [2.24, 2.45) is 0 Å². The first-order valence-electron chi connectivity index (χ1n) is 5.55. The largest absolute Gasteiger partial charge is 0.490 e. The van der Waals surface area contributed by atoms with Crippen molar-refractivity contribution < 1.29 is 9.47 Å². The zero-order valence-electron chi connectivity index (χ0n) is 9.67. The molecule has 0 amide bonds. The zero-order valence-corrected chi connectivity index (χ0v) is 9.67. The molecule has 1 unspecified atom stereocenters. The Morgan fingerprint density at radius 1 is 1.33 bits per heavy atom. The summed E-state index contributed by atoms with van der Waals surface area (Å²) >= 11 is 0. The molecule has 2 heteroatoms. The van der Waals surface area contributed by atoms with Crippen LogP contribution in [-0.4, -0.2) is 19.3 Å². The molecule has 1 aliphatic heterocycles. The predicted octanol–water partition coefficient (Wildman–Crippen LogP) is 2.64. The number of epoxide rings is 1. The van der Waals surface area contributed by atoms with Gasteiger partial charge in [0.05, 0.1) is 6.61 Å². The Balaban J connectivity index is 2.13. The van der Waals surface area contributed by atoms with E-state index < -0.39 is 0 Å². The molecular weight excluding hydrogens is 188 g/mol. The van der Waals surface area contributed by atoms with E-state index in [4.69, 9.17) is 9.47 Å². The van der Waals surface area contributed by atoms with Gasteiger partial charge in [-0.15, -0.1) is 0 Å². The summed E-state index contributed by atoms with van der Waals surface area (Å²) in [5, 5.41) is 0. The van der Waals surface area contributed by atoms with Gasteiger partial charge in [0.1, 0.15) is 18.5 Å². The van der Waals surface area contributed by atoms with Crippen LogP contribution in [0.15, 0.2) is 12.1 Å². The Morgan fingerprint density at radius 3 is 2.40 bits per heavy atom. The van der Waals surface area contributed by atoms with Crippen LogP contribution >= 0.6 is 0 Å². The summed E-state index contributed by atoms with van der Waals surface area (Å²) in [5.74, 6) is 1.03. The van der Waals surface area contributed by atoms with E-state index in [0.717, 1.165) is 18.8 Å². The van der Waals surface area contributed by atoms with E-state index in [9.17, 15) is 0 Å². The zero-order chi connectivity index (χ0) is 10.8. The summed E-state index contributed by atoms with van der Waals surface area (Å²) in [6.45, 7) is 7.93. The van der Waals surface area contributed by atoms with Gasteiger partial charge < -0.3 is 9.47 Å². The molecule has 0 N–H and O–H groups in total. The monoisotopic (exact) mass is 206 g/mol. The summed E-state index contributed by atoms with van der Waals surface area (Å²) < 4.78 is 10.9. The molecule has 15 heavy (non-hydrogen) atoms. The van der Waals surface area contributed by atoms with E-state index in [1.807, 2.05) is 0 Å². The molecular formula is C13H18O2. The Labute approximate surface area is 91.2 Å². The Hall–Kier alpha value is -1.02. The second-order valence-corrected chi connectivity index (χ2v) is 4.18. The number of rotatable bonds is 4. The molecule has 0 spiro atoms. The number of benzene rings is 1. The number of hydrogen-bond acceptors (Lipinski definition) is 2. The molecule has 1 heterocycles. The fraction of sp³-hybridized carbons (Fsp3) is 0.538. The van der Waals surface area contributed by atoms with Gasteiger partial charge in [0.15, 0.2) is 0 Å². The molecule has 0 bridgehead atoms. The molecule has 2 rings (SSSR count). The molecule has 1 aromatic carbocycles. The topological polar surface area (TPSA) is 21.8 Å². The molecule has 1 aliphatic rings. The second kappa shape index (κ2) is 4.23. The van der Waals surface area contributed by atoms with Crippen LogP contribution in [0.4, 0.5) is 0 Å². The standard InChI is InChI=1S/C13H18O2/c1-4-11-5-9(2)13(10(3)6-11)15-8-12-7-14-12/h5-6,12H,4,7-8H2,1-3H3. The van der Waals surface area contributed by atoms with Crippen LogP contribution in [-0.2, 0) is 11.2 Å². The van der Waals surface area contributed by atoms with Crippen molar-refractivity contribution >= 4 is 0 Å². The van der Waals surface area contributed by atoms with Crippen molar-refractivity contribution in [1.29, 1.82) is 0 Å². The molecule has 1 fully saturated rings. The fourth-order valence-corrected chi connectivity index (χ4v) is 1.81. The molecule has 1 atom stereocenters. The van der Waals surface area contributed by atoms with Gasteiger partial charge in [0.2, 0.25) is 0 Å². The third kappa shape index (κ3) is 2.51. The Bertz CT molecular complexity index is 331. The van der Waals surface area contributed by atoms with Crippen LogP contribution in [0.2, 0.25) is 0 Å².